The van der Waals surface area contributed by atoms with Gasteiger partial charge in [0.1, 0.15) is 0 Å². The third-order valence-corrected chi connectivity index (χ3v) is 3.56. The minimum Gasteiger partial charge on any atom is -0.331 e. The van der Waals surface area contributed by atoms with Gasteiger partial charge in [0.2, 0.25) is 0 Å². The van der Waals surface area contributed by atoms with Gasteiger partial charge in [0.05, 0.1) is 5.71 Å². The minimum absolute atomic E-state index is 0.466. The van der Waals surface area contributed by atoms with Crippen molar-refractivity contribution in [3.05, 3.63) is 64.1 Å². The summed E-state index contributed by atoms with van der Waals surface area (Å²) in [5, 5.41) is 7.85. The fraction of sp³-hybridized carbons (Fsp3) is 0.125. The summed E-state index contributed by atoms with van der Waals surface area (Å²) >= 11 is 8.67. The van der Waals surface area contributed by atoms with Gasteiger partial charge in [0.25, 0.3) is 0 Å². The average molecular weight is 362 g/mol. The molecule has 3 nitrogen and oxygen atoms in total. The van der Waals surface area contributed by atoms with Gasteiger partial charge >= 0.3 is 0 Å². The van der Waals surface area contributed by atoms with Crippen molar-refractivity contribution in [1.82, 2.24) is 5.43 Å². The maximum absolute atomic E-state index is 5.22. The van der Waals surface area contributed by atoms with Crippen LogP contribution in [-0.2, 0) is 0 Å². The molecular formula is C16H16BrN3S. The molecule has 0 spiro atoms. The van der Waals surface area contributed by atoms with Crippen molar-refractivity contribution in [2.24, 2.45) is 5.10 Å². The number of hydrogen-bond acceptors (Lipinski definition) is 2. The number of nitrogens with one attached hydrogen (secondary N) is 2. The van der Waals surface area contributed by atoms with Crippen LogP contribution in [0.4, 0.5) is 5.69 Å². The van der Waals surface area contributed by atoms with E-state index in [0.717, 1.165) is 21.4 Å². The van der Waals surface area contributed by atoms with Crippen LogP contribution < -0.4 is 10.7 Å². The lowest BCUT2D eigenvalue weighted by atomic mass is 10.1. The predicted molar refractivity (Wildman–Crippen MR) is 96.9 cm³/mol. The van der Waals surface area contributed by atoms with Crippen molar-refractivity contribution in [3.63, 3.8) is 0 Å². The van der Waals surface area contributed by atoms with E-state index in [1.165, 1.54) is 5.56 Å². The Morgan fingerprint density at radius 3 is 2.52 bits per heavy atom. The second-order valence-electron chi connectivity index (χ2n) is 4.64. The normalized spacial score (nSPS) is 11.1. The van der Waals surface area contributed by atoms with E-state index >= 15 is 0 Å². The summed E-state index contributed by atoms with van der Waals surface area (Å²) < 4.78 is 1.02. The Morgan fingerprint density at radius 1 is 1.14 bits per heavy atom. The molecule has 2 rings (SSSR count). The van der Waals surface area contributed by atoms with Crippen molar-refractivity contribution >= 4 is 44.7 Å². The minimum atomic E-state index is 0.466. The molecule has 5 heteroatoms. The molecule has 0 saturated carbocycles. The number of hydrogen-bond donors (Lipinski definition) is 2. The van der Waals surface area contributed by atoms with E-state index in [-0.39, 0.29) is 0 Å². The third-order valence-electron chi connectivity index (χ3n) is 2.88. The largest absolute Gasteiger partial charge is 0.331 e. The van der Waals surface area contributed by atoms with Gasteiger partial charge in [-0.1, -0.05) is 45.8 Å². The van der Waals surface area contributed by atoms with Crippen LogP contribution >= 0.6 is 28.1 Å². The highest BCUT2D eigenvalue weighted by atomic mass is 79.9. The van der Waals surface area contributed by atoms with Gasteiger partial charge in [-0.3, -0.25) is 5.43 Å². The number of anilines is 1. The molecule has 21 heavy (non-hydrogen) atoms. The van der Waals surface area contributed by atoms with Crippen LogP contribution in [0.2, 0.25) is 0 Å². The predicted octanol–water partition coefficient (Wildman–Crippen LogP) is 4.47. The first-order valence-electron chi connectivity index (χ1n) is 6.48. The topological polar surface area (TPSA) is 36.4 Å². The zero-order valence-electron chi connectivity index (χ0n) is 11.9. The van der Waals surface area contributed by atoms with Crippen molar-refractivity contribution in [2.75, 3.05) is 5.32 Å². The Morgan fingerprint density at radius 2 is 1.86 bits per heavy atom. The van der Waals surface area contributed by atoms with E-state index in [2.05, 4.69) is 31.8 Å². The maximum Gasteiger partial charge on any atom is 0.191 e. The third kappa shape index (κ3) is 4.95. The molecule has 2 N–H and O–H groups in total. The van der Waals surface area contributed by atoms with Gasteiger partial charge in [0.15, 0.2) is 5.11 Å². The van der Waals surface area contributed by atoms with Crippen molar-refractivity contribution in [1.29, 1.82) is 0 Å². The van der Waals surface area contributed by atoms with Gasteiger partial charge in [-0.25, -0.2) is 0 Å². The van der Waals surface area contributed by atoms with Gasteiger partial charge in [0, 0.05) is 10.2 Å². The monoisotopic (exact) mass is 361 g/mol. The van der Waals surface area contributed by atoms with E-state index in [0.29, 0.717) is 5.11 Å². The Bertz CT molecular complexity index is 665. The molecule has 0 aliphatic rings. The van der Waals surface area contributed by atoms with Gasteiger partial charge < -0.3 is 5.32 Å². The van der Waals surface area contributed by atoms with Crippen LogP contribution in [0.1, 0.15) is 18.1 Å². The number of thiocarbonyl (C=S) groups is 1. The SMILES string of the molecule is C/C(=N\NC(=S)Nc1ccc(C)cc1)c1cccc(Br)c1. The molecule has 2 aromatic rings. The van der Waals surface area contributed by atoms with E-state index in [9.17, 15) is 0 Å². The Kier molecular flexibility index (Phi) is 5.47. The number of halogens is 1. The van der Waals surface area contributed by atoms with Gasteiger partial charge in [-0.2, -0.15) is 5.10 Å². The standard InChI is InChI=1S/C16H16BrN3S/c1-11-6-8-15(9-7-11)18-16(21)20-19-12(2)13-4-3-5-14(17)10-13/h3-10H,1-2H3,(H2,18,20,21)/b19-12+. The van der Waals surface area contributed by atoms with Crippen molar-refractivity contribution in [2.45, 2.75) is 13.8 Å². The molecule has 108 valence electrons. The van der Waals surface area contributed by atoms with Crippen LogP contribution in [0.3, 0.4) is 0 Å². The molecule has 0 unspecified atom stereocenters. The summed E-state index contributed by atoms with van der Waals surface area (Å²) in [4.78, 5) is 0. The highest BCUT2D eigenvalue weighted by Crippen LogP contribution is 2.12. The summed E-state index contributed by atoms with van der Waals surface area (Å²) in [5.41, 5.74) is 6.91. The fourth-order valence-corrected chi connectivity index (χ4v) is 2.27. The van der Waals surface area contributed by atoms with Crippen molar-refractivity contribution in [3.8, 4) is 0 Å². The molecule has 0 radical (unpaired) electrons. The Labute approximate surface area is 138 Å². The number of nitrogens with zero attached hydrogens (tertiary/aromatic N) is 1. The Balaban J connectivity index is 1.96. The summed E-state index contributed by atoms with van der Waals surface area (Å²) in [6.45, 7) is 3.98. The van der Waals surface area contributed by atoms with Crippen LogP contribution in [-0.4, -0.2) is 10.8 Å². The fourth-order valence-electron chi connectivity index (χ4n) is 1.71. The number of rotatable bonds is 3. The summed E-state index contributed by atoms with van der Waals surface area (Å²) in [5.74, 6) is 0. The van der Waals surface area contributed by atoms with Gasteiger partial charge in [-0.05, 0) is 55.9 Å². The molecule has 0 aromatic heterocycles. The lowest BCUT2D eigenvalue weighted by Gasteiger charge is -2.08. The summed E-state index contributed by atoms with van der Waals surface area (Å²) in [6, 6.07) is 16.0. The second kappa shape index (κ2) is 7.33. The van der Waals surface area contributed by atoms with Crippen LogP contribution in [0.25, 0.3) is 0 Å². The second-order valence-corrected chi connectivity index (χ2v) is 5.96. The smallest absolute Gasteiger partial charge is 0.191 e. The van der Waals surface area contributed by atoms with Crippen LogP contribution in [0, 0.1) is 6.92 Å². The lowest BCUT2D eigenvalue weighted by molar-refractivity contribution is 1.04. The number of benzene rings is 2. The maximum atomic E-state index is 5.22. The molecule has 0 fully saturated rings. The quantitative estimate of drug-likeness (QED) is 0.481. The molecule has 0 heterocycles. The summed E-state index contributed by atoms with van der Waals surface area (Å²) in [6.07, 6.45) is 0. The average Bonchev–Trinajstić information content (AvgIpc) is 2.47. The number of aryl methyl sites for hydroxylation is 1. The molecule has 0 saturated heterocycles. The van der Waals surface area contributed by atoms with E-state index < -0.39 is 0 Å². The van der Waals surface area contributed by atoms with E-state index in [1.807, 2.05) is 62.4 Å². The first kappa shape index (κ1) is 15.7. The zero-order valence-corrected chi connectivity index (χ0v) is 14.3. The highest BCUT2D eigenvalue weighted by Gasteiger charge is 2.00. The Hall–Kier alpha value is -1.72. The zero-order chi connectivity index (χ0) is 15.2. The molecule has 0 aliphatic carbocycles. The highest BCUT2D eigenvalue weighted by molar-refractivity contribution is 9.10. The molecule has 0 amide bonds. The first-order valence-corrected chi connectivity index (χ1v) is 7.68. The first-order chi connectivity index (χ1) is 10.0. The van der Waals surface area contributed by atoms with Crippen molar-refractivity contribution < 1.29 is 0 Å². The molecule has 0 bridgehead atoms. The molecule has 2 aromatic carbocycles. The van der Waals surface area contributed by atoms with E-state index in [1.54, 1.807) is 0 Å². The van der Waals surface area contributed by atoms with Crippen LogP contribution in [0.15, 0.2) is 58.1 Å². The van der Waals surface area contributed by atoms with Crippen LogP contribution in [0.5, 0.6) is 0 Å². The van der Waals surface area contributed by atoms with Gasteiger partial charge in [-0.15, -0.1) is 0 Å². The lowest BCUT2D eigenvalue weighted by Crippen LogP contribution is -2.24. The summed E-state index contributed by atoms with van der Waals surface area (Å²) in [7, 11) is 0. The molecular weight excluding hydrogens is 346 g/mol. The molecule has 0 aliphatic heterocycles. The van der Waals surface area contributed by atoms with E-state index in [4.69, 9.17) is 12.2 Å². The molecule has 0 atom stereocenters. The number of hydrazone groups is 1.